The van der Waals surface area contributed by atoms with Crippen LogP contribution in [0.1, 0.15) is 12.8 Å². The van der Waals surface area contributed by atoms with Crippen LogP contribution in [0.4, 0.5) is 11.4 Å². The first-order valence-corrected chi connectivity index (χ1v) is 13.9. The summed E-state index contributed by atoms with van der Waals surface area (Å²) in [6.45, 7) is 0. The van der Waals surface area contributed by atoms with Gasteiger partial charge in [-0.15, -0.1) is 0 Å². The molecule has 7 rings (SSSR count). The summed E-state index contributed by atoms with van der Waals surface area (Å²) in [5.41, 5.74) is 7.99. The molecule has 1 saturated carbocycles. The van der Waals surface area contributed by atoms with Crippen molar-refractivity contribution in [2.75, 3.05) is 39.0 Å². The van der Waals surface area contributed by atoms with Crippen LogP contribution in [0.2, 0.25) is 0 Å². The van der Waals surface area contributed by atoms with E-state index in [1.807, 2.05) is 78.4 Å². The van der Waals surface area contributed by atoms with Crippen molar-refractivity contribution >= 4 is 22.7 Å². The van der Waals surface area contributed by atoms with Crippen molar-refractivity contribution in [3.63, 3.8) is 0 Å². The Bertz CT molecular complexity index is 1820. The topological polar surface area (TPSA) is 86.3 Å². The number of nitrogens with zero attached hydrogens (tertiary/aromatic N) is 4. The van der Waals surface area contributed by atoms with Gasteiger partial charge in [0, 0.05) is 72.5 Å². The Kier molecular flexibility index (Phi) is 7.55. The van der Waals surface area contributed by atoms with Gasteiger partial charge >= 0.3 is 0 Å². The van der Waals surface area contributed by atoms with Crippen LogP contribution in [0, 0.1) is 0 Å². The Labute approximate surface area is 244 Å². The number of ether oxygens (including phenoxy) is 3. The minimum atomic E-state index is 0.656. The van der Waals surface area contributed by atoms with Crippen molar-refractivity contribution in [2.24, 2.45) is 0 Å². The molecule has 2 N–H and O–H groups in total. The molecule has 42 heavy (non-hydrogen) atoms. The molecule has 0 unspecified atom stereocenters. The molecule has 4 heterocycles. The van der Waals surface area contributed by atoms with E-state index in [0.717, 1.165) is 50.9 Å². The summed E-state index contributed by atoms with van der Waals surface area (Å²) in [5, 5.41) is 6.61. The summed E-state index contributed by atoms with van der Waals surface area (Å²) in [5.74, 6) is 2.27. The van der Waals surface area contributed by atoms with Crippen LogP contribution in [0.5, 0.6) is 17.2 Å². The number of nitrogens with one attached hydrogen (secondary N) is 2. The van der Waals surface area contributed by atoms with E-state index in [4.69, 9.17) is 19.2 Å². The van der Waals surface area contributed by atoms with E-state index in [0.29, 0.717) is 17.5 Å². The Morgan fingerprint density at radius 2 is 1.26 bits per heavy atom. The first kappa shape index (κ1) is 27.0. The fourth-order valence-electron chi connectivity index (χ4n) is 4.71. The number of methoxy groups -OCH3 is 3. The Morgan fingerprint density at radius 1 is 0.667 bits per heavy atom. The van der Waals surface area contributed by atoms with Crippen molar-refractivity contribution in [1.82, 2.24) is 18.8 Å². The molecule has 0 atom stereocenters. The summed E-state index contributed by atoms with van der Waals surface area (Å²) >= 11 is 0. The standard InChI is InChI=1S/C17H17N3O.C16H17N3O2/c1-21-15-6-2-12(3-7-15)16-11-20-9-8-14(10-17(20)19-16)18-13-4-5-13;1-17-12-6-7-19-10-13(18-16(19)9-12)11-4-5-14(20-2)15(8-11)21-3/h2-3,6-11,13,18H,4-5H2,1H3;4-10,17H,1-3H3. The fourth-order valence-corrected chi connectivity index (χ4v) is 4.71. The molecule has 214 valence electrons. The van der Waals surface area contributed by atoms with Gasteiger partial charge in [-0.05, 0) is 67.4 Å². The summed E-state index contributed by atoms with van der Waals surface area (Å²) in [4.78, 5) is 9.36. The molecule has 6 aromatic rings. The maximum Gasteiger partial charge on any atom is 0.161 e. The van der Waals surface area contributed by atoms with Crippen molar-refractivity contribution in [3.8, 4) is 39.8 Å². The van der Waals surface area contributed by atoms with E-state index >= 15 is 0 Å². The van der Waals surface area contributed by atoms with E-state index in [1.165, 1.54) is 12.8 Å². The van der Waals surface area contributed by atoms with Gasteiger partial charge in [0.15, 0.2) is 11.5 Å². The van der Waals surface area contributed by atoms with E-state index in [2.05, 4.69) is 44.5 Å². The van der Waals surface area contributed by atoms with Gasteiger partial charge in [0.05, 0.1) is 32.7 Å². The number of anilines is 2. The Morgan fingerprint density at radius 3 is 1.86 bits per heavy atom. The van der Waals surface area contributed by atoms with Gasteiger partial charge in [-0.2, -0.15) is 0 Å². The second-order valence-corrected chi connectivity index (χ2v) is 10.1. The van der Waals surface area contributed by atoms with E-state index < -0.39 is 0 Å². The van der Waals surface area contributed by atoms with Gasteiger partial charge in [0.25, 0.3) is 0 Å². The average Bonchev–Trinajstić information content (AvgIpc) is 3.58. The summed E-state index contributed by atoms with van der Waals surface area (Å²) < 4.78 is 19.8. The SMILES string of the molecule is CNc1ccn2cc(-c3ccc(OC)c(OC)c3)nc2c1.COc1ccc(-c2cn3ccc(NC4CC4)cc3n2)cc1. The van der Waals surface area contributed by atoms with Crippen LogP contribution >= 0.6 is 0 Å². The van der Waals surface area contributed by atoms with Gasteiger partial charge in [0.2, 0.25) is 0 Å². The maximum atomic E-state index is 5.34. The van der Waals surface area contributed by atoms with Gasteiger partial charge in [-0.3, -0.25) is 0 Å². The number of benzene rings is 2. The normalized spacial score (nSPS) is 12.5. The molecule has 4 aromatic heterocycles. The third-order valence-corrected chi connectivity index (χ3v) is 7.22. The molecular formula is C33H34N6O3. The van der Waals surface area contributed by atoms with Crippen LogP contribution in [-0.2, 0) is 0 Å². The zero-order chi connectivity index (χ0) is 29.1. The van der Waals surface area contributed by atoms with Crippen molar-refractivity contribution in [3.05, 3.63) is 91.5 Å². The van der Waals surface area contributed by atoms with Crippen LogP contribution < -0.4 is 24.8 Å². The number of aromatic nitrogens is 4. The number of fused-ring (bicyclic) bond motifs is 2. The molecule has 9 heteroatoms. The van der Waals surface area contributed by atoms with Crippen LogP contribution in [-0.4, -0.2) is 53.2 Å². The molecule has 0 spiro atoms. The summed E-state index contributed by atoms with van der Waals surface area (Å²) in [6, 6.07) is 22.6. The molecule has 9 nitrogen and oxygen atoms in total. The molecule has 0 bridgehead atoms. The highest BCUT2D eigenvalue weighted by molar-refractivity contribution is 5.68. The number of imidazole rings is 2. The average molecular weight is 563 g/mol. The zero-order valence-electron chi connectivity index (χ0n) is 24.2. The highest BCUT2D eigenvalue weighted by atomic mass is 16.5. The smallest absolute Gasteiger partial charge is 0.161 e. The highest BCUT2D eigenvalue weighted by Crippen LogP contribution is 2.32. The third-order valence-electron chi connectivity index (χ3n) is 7.22. The molecule has 0 saturated heterocycles. The second-order valence-electron chi connectivity index (χ2n) is 10.1. The third kappa shape index (κ3) is 5.81. The molecule has 0 radical (unpaired) electrons. The molecule has 0 amide bonds. The lowest BCUT2D eigenvalue weighted by Gasteiger charge is -2.08. The lowest BCUT2D eigenvalue weighted by atomic mass is 10.1. The van der Waals surface area contributed by atoms with Gasteiger partial charge in [-0.25, -0.2) is 9.97 Å². The van der Waals surface area contributed by atoms with E-state index in [1.54, 1.807) is 21.3 Å². The van der Waals surface area contributed by atoms with E-state index in [9.17, 15) is 0 Å². The second kappa shape index (κ2) is 11.7. The number of rotatable bonds is 8. The number of hydrogen-bond acceptors (Lipinski definition) is 7. The predicted octanol–water partition coefficient (Wildman–Crippen LogP) is 6.64. The first-order valence-electron chi connectivity index (χ1n) is 13.9. The van der Waals surface area contributed by atoms with Gasteiger partial charge in [-0.1, -0.05) is 0 Å². The minimum Gasteiger partial charge on any atom is -0.497 e. The number of hydrogen-bond donors (Lipinski definition) is 2. The van der Waals surface area contributed by atoms with Crippen LogP contribution in [0.15, 0.2) is 91.5 Å². The van der Waals surface area contributed by atoms with Crippen molar-refractivity contribution in [1.29, 1.82) is 0 Å². The quantitative estimate of drug-likeness (QED) is 0.215. The molecule has 1 aliphatic carbocycles. The van der Waals surface area contributed by atoms with Gasteiger partial charge in [0.1, 0.15) is 17.0 Å². The Balaban J connectivity index is 0.000000150. The molecule has 1 fully saturated rings. The van der Waals surface area contributed by atoms with Crippen molar-refractivity contribution in [2.45, 2.75) is 18.9 Å². The maximum absolute atomic E-state index is 5.34. The Hall–Kier alpha value is -5.18. The van der Waals surface area contributed by atoms with Crippen LogP contribution in [0.3, 0.4) is 0 Å². The fraction of sp³-hybridized carbons (Fsp3) is 0.212. The molecule has 0 aliphatic heterocycles. The molecular weight excluding hydrogens is 528 g/mol. The van der Waals surface area contributed by atoms with E-state index in [-0.39, 0.29) is 0 Å². The van der Waals surface area contributed by atoms with Gasteiger partial charge < -0.3 is 33.6 Å². The lowest BCUT2D eigenvalue weighted by molar-refractivity contribution is 0.355. The highest BCUT2D eigenvalue weighted by Gasteiger charge is 2.20. The summed E-state index contributed by atoms with van der Waals surface area (Å²) in [7, 11) is 6.82. The predicted molar refractivity (Wildman–Crippen MR) is 167 cm³/mol. The molecule has 2 aromatic carbocycles. The lowest BCUT2D eigenvalue weighted by Crippen LogP contribution is -2.00. The van der Waals surface area contributed by atoms with Crippen molar-refractivity contribution < 1.29 is 14.2 Å². The molecule has 1 aliphatic rings. The van der Waals surface area contributed by atoms with Crippen LogP contribution in [0.25, 0.3) is 33.8 Å². The minimum absolute atomic E-state index is 0.656. The monoisotopic (exact) mass is 562 g/mol. The summed E-state index contributed by atoms with van der Waals surface area (Å²) in [6.07, 6.45) is 10.6. The number of pyridine rings is 2. The first-order chi connectivity index (χ1) is 20.6. The largest absolute Gasteiger partial charge is 0.497 e. The zero-order valence-corrected chi connectivity index (χ0v) is 24.2.